The summed E-state index contributed by atoms with van der Waals surface area (Å²) in [4.78, 5) is 17.6. The molecule has 5 nitrogen and oxygen atoms in total. The van der Waals surface area contributed by atoms with Crippen molar-refractivity contribution in [3.05, 3.63) is 39.4 Å². The fourth-order valence-corrected chi connectivity index (χ4v) is 3.45. The Bertz CT molecular complexity index is 921. The van der Waals surface area contributed by atoms with Crippen molar-refractivity contribution in [1.82, 2.24) is 9.55 Å². The maximum absolute atomic E-state index is 12.8. The van der Waals surface area contributed by atoms with Crippen molar-refractivity contribution in [3.8, 4) is 0 Å². The van der Waals surface area contributed by atoms with Gasteiger partial charge in [-0.2, -0.15) is 0 Å². The van der Waals surface area contributed by atoms with Crippen LogP contribution in [0.5, 0.6) is 0 Å². The number of aryl methyl sites for hydroxylation is 1. The molecular weight excluding hydrogens is 334 g/mol. The molecule has 134 valence electrons. The van der Waals surface area contributed by atoms with Crippen LogP contribution >= 0.6 is 0 Å². The summed E-state index contributed by atoms with van der Waals surface area (Å²) >= 11 is -1.35. The summed E-state index contributed by atoms with van der Waals surface area (Å²) in [6, 6.07) is 3.85. The molecule has 0 amide bonds. The summed E-state index contributed by atoms with van der Waals surface area (Å²) in [5, 5.41) is 0.595. The zero-order valence-electron chi connectivity index (χ0n) is 15.7. The van der Waals surface area contributed by atoms with E-state index in [0.29, 0.717) is 22.5 Å². The summed E-state index contributed by atoms with van der Waals surface area (Å²) in [6.45, 7) is 9.48. The van der Waals surface area contributed by atoms with Gasteiger partial charge in [0.1, 0.15) is 21.9 Å². The smallest absolute Gasteiger partial charge is 0.261 e. The van der Waals surface area contributed by atoms with Crippen molar-refractivity contribution < 1.29 is 4.55 Å². The van der Waals surface area contributed by atoms with Gasteiger partial charge in [0.25, 0.3) is 5.56 Å². The second-order valence-electron chi connectivity index (χ2n) is 7.86. The third kappa shape index (κ3) is 3.51. The van der Waals surface area contributed by atoms with Crippen molar-refractivity contribution in [2.24, 2.45) is 11.4 Å². The molecule has 1 heterocycles. The number of nitrogens with zero attached hydrogens (tertiary/aromatic N) is 3. The van der Waals surface area contributed by atoms with E-state index >= 15 is 0 Å². The van der Waals surface area contributed by atoms with Crippen molar-refractivity contribution in [3.63, 3.8) is 0 Å². The highest BCUT2D eigenvalue weighted by Crippen LogP contribution is 2.39. The Morgan fingerprint density at radius 2 is 2.00 bits per heavy atom. The van der Waals surface area contributed by atoms with Crippen molar-refractivity contribution in [1.29, 1.82) is 0 Å². The molecule has 1 aliphatic carbocycles. The van der Waals surface area contributed by atoms with Crippen LogP contribution in [0.2, 0.25) is 0 Å². The van der Waals surface area contributed by atoms with Crippen molar-refractivity contribution >= 4 is 28.0 Å². The van der Waals surface area contributed by atoms with Gasteiger partial charge in [-0.3, -0.25) is 9.36 Å². The molecule has 6 heteroatoms. The molecular formula is C19H25N3O2S. The minimum absolute atomic E-state index is 0.0263. The van der Waals surface area contributed by atoms with Crippen molar-refractivity contribution in [2.75, 3.05) is 0 Å². The molecule has 1 aliphatic rings. The molecule has 0 radical (unpaired) electrons. The van der Waals surface area contributed by atoms with Gasteiger partial charge in [-0.25, -0.2) is 4.98 Å². The molecule has 0 aliphatic heterocycles. The van der Waals surface area contributed by atoms with Gasteiger partial charge in [0, 0.05) is 18.5 Å². The maximum Gasteiger partial charge on any atom is 0.261 e. The average molecular weight is 359 g/mol. The SMILES string of the molecule is CC(=N[S+]([O-])C(C)(C)C)c1cc(C)cc2c(=O)n(C)c(C3CC3)nc12. The summed E-state index contributed by atoms with van der Waals surface area (Å²) in [5.41, 5.74) is 3.07. The number of benzene rings is 1. The second kappa shape index (κ2) is 6.25. The van der Waals surface area contributed by atoms with E-state index in [1.54, 1.807) is 11.6 Å². The van der Waals surface area contributed by atoms with Gasteiger partial charge in [0.15, 0.2) is 0 Å². The monoisotopic (exact) mass is 359 g/mol. The zero-order chi connectivity index (χ0) is 18.5. The minimum Gasteiger partial charge on any atom is -0.591 e. The van der Waals surface area contributed by atoms with Gasteiger partial charge in [0.05, 0.1) is 16.6 Å². The Hall–Kier alpha value is -1.66. The first-order valence-corrected chi connectivity index (χ1v) is 9.69. The molecule has 1 fully saturated rings. The third-order valence-electron chi connectivity index (χ3n) is 4.44. The largest absolute Gasteiger partial charge is 0.591 e. The molecule has 1 saturated carbocycles. The highest BCUT2D eigenvalue weighted by molar-refractivity contribution is 7.91. The Morgan fingerprint density at radius 1 is 1.36 bits per heavy atom. The van der Waals surface area contributed by atoms with E-state index in [1.807, 2.05) is 46.8 Å². The molecule has 0 N–H and O–H groups in total. The number of hydrogen-bond acceptors (Lipinski definition) is 4. The molecule has 25 heavy (non-hydrogen) atoms. The summed E-state index contributed by atoms with van der Waals surface area (Å²) in [5.74, 6) is 1.21. The Morgan fingerprint density at radius 3 is 2.56 bits per heavy atom. The van der Waals surface area contributed by atoms with Crippen LogP contribution in [0.1, 0.15) is 63.4 Å². The van der Waals surface area contributed by atoms with E-state index in [2.05, 4.69) is 4.40 Å². The quantitative estimate of drug-likeness (QED) is 0.623. The van der Waals surface area contributed by atoms with Crippen LogP contribution in [0.4, 0.5) is 0 Å². The van der Waals surface area contributed by atoms with E-state index < -0.39 is 16.1 Å². The zero-order valence-corrected chi connectivity index (χ0v) is 16.5. The van der Waals surface area contributed by atoms with Crippen LogP contribution in [0.3, 0.4) is 0 Å². The molecule has 0 saturated heterocycles. The van der Waals surface area contributed by atoms with E-state index in [4.69, 9.17) is 4.98 Å². The first-order chi connectivity index (χ1) is 11.6. The molecule has 1 atom stereocenters. The van der Waals surface area contributed by atoms with Gasteiger partial charge >= 0.3 is 0 Å². The Labute approximate surface area is 151 Å². The fraction of sp³-hybridized carbons (Fsp3) is 0.526. The fourth-order valence-electron chi connectivity index (χ4n) is 2.83. The molecule has 1 unspecified atom stereocenters. The summed E-state index contributed by atoms with van der Waals surface area (Å²) in [7, 11) is 1.79. The lowest BCUT2D eigenvalue weighted by molar-refractivity contribution is 0.561. The van der Waals surface area contributed by atoms with Crippen molar-refractivity contribution in [2.45, 2.75) is 58.1 Å². The van der Waals surface area contributed by atoms with E-state index in [-0.39, 0.29) is 5.56 Å². The first kappa shape index (κ1) is 18.1. The Kier molecular flexibility index (Phi) is 4.54. The van der Waals surface area contributed by atoms with Crippen LogP contribution in [0.15, 0.2) is 21.3 Å². The van der Waals surface area contributed by atoms with Crippen LogP contribution in [0.25, 0.3) is 10.9 Å². The average Bonchev–Trinajstić information content (AvgIpc) is 3.34. The highest BCUT2D eigenvalue weighted by atomic mass is 32.2. The topological polar surface area (TPSA) is 70.3 Å². The van der Waals surface area contributed by atoms with Gasteiger partial charge in [-0.1, -0.05) is 4.40 Å². The van der Waals surface area contributed by atoms with E-state index in [9.17, 15) is 9.35 Å². The van der Waals surface area contributed by atoms with E-state index in [0.717, 1.165) is 29.8 Å². The minimum atomic E-state index is -1.35. The second-order valence-corrected chi connectivity index (χ2v) is 9.76. The van der Waals surface area contributed by atoms with Crippen LogP contribution in [-0.2, 0) is 18.4 Å². The predicted octanol–water partition coefficient (Wildman–Crippen LogP) is 3.39. The lowest BCUT2D eigenvalue weighted by Gasteiger charge is -2.19. The molecule has 0 spiro atoms. The van der Waals surface area contributed by atoms with Gasteiger partial charge in [0.2, 0.25) is 0 Å². The molecule has 3 rings (SSSR count). The van der Waals surface area contributed by atoms with Gasteiger partial charge < -0.3 is 4.55 Å². The number of aromatic nitrogens is 2. The van der Waals surface area contributed by atoms with Crippen LogP contribution in [-0.4, -0.2) is 24.6 Å². The van der Waals surface area contributed by atoms with Gasteiger partial charge in [-0.15, -0.1) is 0 Å². The number of hydrogen-bond donors (Lipinski definition) is 0. The van der Waals surface area contributed by atoms with E-state index in [1.165, 1.54) is 0 Å². The molecule has 1 aromatic carbocycles. The first-order valence-electron chi connectivity index (χ1n) is 8.58. The number of rotatable bonds is 3. The molecule has 0 bridgehead atoms. The standard InChI is InChI=1S/C19H25N3O2S/c1-11-9-14(12(2)21-25(24)19(3,4)5)16-15(10-11)18(23)22(6)17(20-16)13-7-8-13/h9-10,13H,7-8H2,1-6H3. The Balaban J connectivity index is 2.24. The lowest BCUT2D eigenvalue weighted by Crippen LogP contribution is -2.27. The van der Waals surface area contributed by atoms with Crippen LogP contribution in [0, 0.1) is 6.92 Å². The normalized spacial score (nSPS) is 17.2. The summed E-state index contributed by atoms with van der Waals surface area (Å²) < 4.78 is 18.0. The van der Waals surface area contributed by atoms with Gasteiger partial charge in [-0.05, 0) is 65.2 Å². The lowest BCUT2D eigenvalue weighted by atomic mass is 10.0. The molecule has 1 aromatic heterocycles. The van der Waals surface area contributed by atoms with Crippen LogP contribution < -0.4 is 5.56 Å². The third-order valence-corrected chi connectivity index (χ3v) is 5.92. The predicted molar refractivity (Wildman–Crippen MR) is 104 cm³/mol. The maximum atomic E-state index is 12.8. The molecule has 2 aromatic rings. The summed E-state index contributed by atoms with van der Waals surface area (Å²) in [6.07, 6.45) is 2.15. The highest BCUT2D eigenvalue weighted by Gasteiger charge is 2.30. The number of fused-ring (bicyclic) bond motifs is 1.